The molecule has 28 heavy (non-hydrogen) atoms. The predicted molar refractivity (Wildman–Crippen MR) is 113 cm³/mol. The first-order valence-electron chi connectivity index (χ1n) is 9.56. The van der Waals surface area contributed by atoms with E-state index in [4.69, 9.17) is 5.73 Å². The molecule has 8 heteroatoms. The average Bonchev–Trinajstić information content (AvgIpc) is 3.07. The summed E-state index contributed by atoms with van der Waals surface area (Å²) in [5, 5.41) is 16.7. The molecule has 0 saturated carbocycles. The summed E-state index contributed by atoms with van der Waals surface area (Å²) in [7, 11) is 0. The van der Waals surface area contributed by atoms with Crippen molar-refractivity contribution in [1.29, 1.82) is 0 Å². The Balaban J connectivity index is 1.87. The number of hydrogen-bond acceptors (Lipinski definition) is 7. The summed E-state index contributed by atoms with van der Waals surface area (Å²) in [6.07, 6.45) is 1.77. The molecule has 0 aliphatic carbocycles. The maximum Gasteiger partial charge on any atom is 0.226 e. The molecule has 0 bridgehead atoms. The van der Waals surface area contributed by atoms with E-state index >= 15 is 0 Å². The molecule has 3 rings (SSSR count). The van der Waals surface area contributed by atoms with Gasteiger partial charge in [-0.25, -0.2) is 4.98 Å². The Morgan fingerprint density at radius 1 is 1.21 bits per heavy atom. The molecule has 0 spiro atoms. The van der Waals surface area contributed by atoms with E-state index in [2.05, 4.69) is 25.6 Å². The molecule has 0 aliphatic heterocycles. The Morgan fingerprint density at radius 2 is 1.96 bits per heavy atom. The van der Waals surface area contributed by atoms with Crippen molar-refractivity contribution < 1.29 is 5.11 Å². The van der Waals surface area contributed by atoms with Crippen molar-refractivity contribution in [2.75, 3.05) is 22.9 Å². The van der Waals surface area contributed by atoms with Gasteiger partial charge in [-0.3, -0.25) is 0 Å². The molecular weight excluding hydrogens is 354 g/mol. The molecule has 1 atom stereocenters. The third-order valence-corrected chi connectivity index (χ3v) is 5.08. The van der Waals surface area contributed by atoms with Gasteiger partial charge in [-0.1, -0.05) is 25.1 Å². The molecule has 1 unspecified atom stereocenters. The highest BCUT2D eigenvalue weighted by Gasteiger charge is 2.22. The smallest absolute Gasteiger partial charge is 0.226 e. The lowest BCUT2D eigenvalue weighted by atomic mass is 9.93. The van der Waals surface area contributed by atoms with Gasteiger partial charge in [-0.05, 0) is 32.4 Å². The fraction of sp³-hybridized carbons (Fsp3) is 0.450. The minimum absolute atomic E-state index is 0.0309. The summed E-state index contributed by atoms with van der Waals surface area (Å²) < 4.78 is 1.98. The molecule has 0 amide bonds. The average molecular weight is 384 g/mol. The summed E-state index contributed by atoms with van der Waals surface area (Å²) in [4.78, 5) is 13.7. The molecule has 8 nitrogen and oxygen atoms in total. The van der Waals surface area contributed by atoms with Crippen LogP contribution < -0.4 is 16.4 Å². The van der Waals surface area contributed by atoms with Gasteiger partial charge in [0.25, 0.3) is 0 Å². The van der Waals surface area contributed by atoms with Gasteiger partial charge in [0.2, 0.25) is 5.95 Å². The van der Waals surface area contributed by atoms with E-state index in [1.807, 2.05) is 42.7 Å². The molecule has 0 fully saturated rings. The summed E-state index contributed by atoms with van der Waals surface area (Å²) >= 11 is 0. The lowest BCUT2D eigenvalue weighted by Gasteiger charge is -2.26. The number of benzene rings is 1. The van der Waals surface area contributed by atoms with Crippen molar-refractivity contribution in [3.05, 3.63) is 36.2 Å². The van der Waals surface area contributed by atoms with E-state index < -0.39 is 5.60 Å². The highest BCUT2D eigenvalue weighted by molar-refractivity contribution is 5.84. The minimum atomic E-state index is -0.784. The first-order valence-corrected chi connectivity index (χ1v) is 9.56. The largest absolute Gasteiger partial charge is 0.398 e. The molecule has 2 heterocycles. The van der Waals surface area contributed by atoms with Crippen LogP contribution in [0.1, 0.15) is 33.3 Å². The lowest BCUT2D eigenvalue weighted by Crippen LogP contribution is -2.33. The first kappa shape index (κ1) is 19.9. The van der Waals surface area contributed by atoms with Crippen LogP contribution in [-0.4, -0.2) is 36.8 Å². The number of nitrogens with two attached hydrogens (primary N) is 1. The Labute approximate surface area is 165 Å². The number of nitrogens with one attached hydrogen (secondary N) is 2. The fourth-order valence-electron chi connectivity index (χ4n) is 2.75. The fourth-order valence-corrected chi connectivity index (χ4v) is 2.75. The Morgan fingerprint density at radius 3 is 2.64 bits per heavy atom. The highest BCUT2D eigenvalue weighted by atomic mass is 16.3. The van der Waals surface area contributed by atoms with Crippen molar-refractivity contribution in [1.82, 2.24) is 19.5 Å². The normalized spacial score (nSPS) is 12.9. The maximum absolute atomic E-state index is 10.2. The Bertz CT molecular complexity index is 945. The molecule has 150 valence electrons. The van der Waals surface area contributed by atoms with Gasteiger partial charge < -0.3 is 26.0 Å². The van der Waals surface area contributed by atoms with Gasteiger partial charge >= 0.3 is 0 Å². The van der Waals surface area contributed by atoms with Crippen molar-refractivity contribution in [2.24, 2.45) is 5.92 Å². The molecule has 3 aromatic rings. The van der Waals surface area contributed by atoms with E-state index in [-0.39, 0.29) is 5.92 Å². The summed E-state index contributed by atoms with van der Waals surface area (Å²) in [5.74, 6) is 1.18. The number of hydrogen-bond donors (Lipinski definition) is 4. The van der Waals surface area contributed by atoms with Crippen molar-refractivity contribution in [2.45, 2.75) is 46.4 Å². The van der Waals surface area contributed by atoms with Gasteiger partial charge in [-0.15, -0.1) is 0 Å². The van der Waals surface area contributed by atoms with Crippen LogP contribution >= 0.6 is 0 Å². The quantitative estimate of drug-likeness (QED) is 0.442. The number of fused-ring (bicyclic) bond motifs is 1. The zero-order valence-corrected chi connectivity index (χ0v) is 16.9. The standard InChI is InChI=1S/C20H29N7O/c1-5-27-12-24-16-17(22-11-14-8-6-7-9-15(14)21)25-19(26-18(16)27)23-10-13(2)20(3,4)28/h6-9,12-13,28H,5,10-11,21H2,1-4H3,(H2,22,23,25,26). The number of aryl methyl sites for hydroxylation is 1. The monoisotopic (exact) mass is 383 g/mol. The van der Waals surface area contributed by atoms with Crippen LogP contribution in [0.4, 0.5) is 17.5 Å². The topological polar surface area (TPSA) is 114 Å². The van der Waals surface area contributed by atoms with Gasteiger partial charge in [0, 0.05) is 31.2 Å². The van der Waals surface area contributed by atoms with Crippen LogP contribution in [0, 0.1) is 5.92 Å². The summed E-state index contributed by atoms with van der Waals surface area (Å²) in [6.45, 7) is 9.49. The number of aromatic nitrogens is 4. The van der Waals surface area contributed by atoms with Gasteiger partial charge in [0.1, 0.15) is 0 Å². The predicted octanol–water partition coefficient (Wildman–Crippen LogP) is 2.86. The molecule has 0 aliphatic rings. The number of aliphatic hydroxyl groups is 1. The van der Waals surface area contributed by atoms with Crippen LogP contribution in [0.25, 0.3) is 11.2 Å². The van der Waals surface area contributed by atoms with Crippen LogP contribution in [0.5, 0.6) is 0 Å². The first-order chi connectivity index (χ1) is 13.3. The number of nitrogen functional groups attached to an aromatic ring is 1. The van der Waals surface area contributed by atoms with Gasteiger partial charge in [0.05, 0.1) is 11.9 Å². The van der Waals surface area contributed by atoms with Crippen LogP contribution in [0.2, 0.25) is 0 Å². The molecule has 0 radical (unpaired) electrons. The maximum atomic E-state index is 10.2. The second kappa shape index (κ2) is 8.02. The number of imidazole rings is 1. The molecule has 1 aromatic carbocycles. The Kier molecular flexibility index (Phi) is 5.69. The van der Waals surface area contributed by atoms with Gasteiger partial charge in [-0.2, -0.15) is 9.97 Å². The van der Waals surface area contributed by atoms with Crippen LogP contribution in [-0.2, 0) is 13.1 Å². The molecular formula is C20H29N7O. The minimum Gasteiger partial charge on any atom is -0.398 e. The summed E-state index contributed by atoms with van der Waals surface area (Å²) in [6, 6.07) is 7.73. The van der Waals surface area contributed by atoms with E-state index in [0.29, 0.717) is 24.9 Å². The number of nitrogens with zero attached hydrogens (tertiary/aromatic N) is 4. The van der Waals surface area contributed by atoms with Crippen LogP contribution in [0.3, 0.4) is 0 Å². The zero-order valence-electron chi connectivity index (χ0n) is 16.9. The van der Waals surface area contributed by atoms with E-state index in [1.165, 1.54) is 0 Å². The van der Waals surface area contributed by atoms with Gasteiger partial charge in [0.15, 0.2) is 17.0 Å². The summed E-state index contributed by atoms with van der Waals surface area (Å²) in [5.41, 5.74) is 8.47. The molecule has 5 N–H and O–H groups in total. The second-order valence-corrected chi connectivity index (χ2v) is 7.59. The van der Waals surface area contributed by atoms with E-state index in [1.54, 1.807) is 20.2 Å². The molecule has 0 saturated heterocycles. The third-order valence-electron chi connectivity index (χ3n) is 5.08. The lowest BCUT2D eigenvalue weighted by molar-refractivity contribution is 0.0303. The van der Waals surface area contributed by atoms with Crippen molar-refractivity contribution in [3.63, 3.8) is 0 Å². The number of anilines is 3. The van der Waals surface area contributed by atoms with E-state index in [9.17, 15) is 5.11 Å². The highest BCUT2D eigenvalue weighted by Crippen LogP contribution is 2.23. The van der Waals surface area contributed by atoms with E-state index in [0.717, 1.165) is 29.0 Å². The zero-order chi connectivity index (χ0) is 20.3. The SMILES string of the molecule is CCn1cnc2c(NCc3ccccc3N)nc(NCC(C)C(C)(C)O)nc21. The Hall–Kier alpha value is -2.87. The second-order valence-electron chi connectivity index (χ2n) is 7.59. The van der Waals surface area contributed by atoms with Crippen molar-refractivity contribution >= 4 is 28.6 Å². The molecule has 2 aromatic heterocycles. The number of rotatable bonds is 8. The van der Waals surface area contributed by atoms with Crippen LogP contribution in [0.15, 0.2) is 30.6 Å². The number of para-hydroxylation sites is 1. The third kappa shape index (κ3) is 4.33. The van der Waals surface area contributed by atoms with Crippen molar-refractivity contribution in [3.8, 4) is 0 Å².